The van der Waals surface area contributed by atoms with Gasteiger partial charge in [-0.2, -0.15) is 0 Å². The molecule has 0 bridgehead atoms. The number of carbonyl (C=O) groups excluding carboxylic acids is 1. The summed E-state index contributed by atoms with van der Waals surface area (Å²) in [7, 11) is -6.28. The highest BCUT2D eigenvalue weighted by molar-refractivity contribution is 6.75. The zero-order valence-corrected chi connectivity index (χ0v) is 49.0. The molecule has 0 aliphatic carbocycles. The van der Waals surface area contributed by atoms with E-state index in [-0.39, 0.29) is 69.9 Å². The van der Waals surface area contributed by atoms with Gasteiger partial charge in [0.2, 0.25) is 0 Å². The van der Waals surface area contributed by atoms with Crippen LogP contribution in [0.15, 0.2) is 11.6 Å². The van der Waals surface area contributed by atoms with Gasteiger partial charge >= 0.3 is 5.97 Å². The molecule has 2 saturated heterocycles. The predicted molar refractivity (Wildman–Crippen MR) is 284 cm³/mol. The quantitative estimate of drug-likeness (QED) is 0.0389. The molecule has 0 spiro atoms. The SMILES string of the molecule is CCCCCCCCCCCCCCCCC[C@H](O[Si](C)(C)C(C)(C)C)[C@@H]1C[C@@H](O[Si](C)(C)C(C)(C)C)[C@@H]([C@@H]2CC[C@@H]([C@H](CCCCCC3=C[C@H](C)OC3=O)O[Si](C)(C)C(C)(C)C)O2)O1. The summed E-state index contributed by atoms with van der Waals surface area (Å²) < 4.78 is 42.0. The Kier molecular flexibility index (Phi) is 24.3. The Labute approximate surface area is 406 Å². The third-order valence-corrected chi connectivity index (χ3v) is 30.2. The van der Waals surface area contributed by atoms with Gasteiger partial charge in [-0.1, -0.05) is 178 Å². The zero-order valence-electron chi connectivity index (χ0n) is 46.0. The predicted octanol–water partition coefficient (Wildman–Crippen LogP) is 16.9. The Morgan fingerprint density at radius 1 is 0.585 bits per heavy atom. The van der Waals surface area contributed by atoms with Gasteiger partial charge in [0.1, 0.15) is 12.2 Å². The lowest BCUT2D eigenvalue weighted by molar-refractivity contribution is -0.139. The first-order chi connectivity index (χ1) is 30.2. The van der Waals surface area contributed by atoms with E-state index in [1.807, 2.05) is 13.0 Å². The summed E-state index contributed by atoms with van der Waals surface area (Å²) in [5.41, 5.74) is 0.838. The van der Waals surface area contributed by atoms with E-state index in [0.717, 1.165) is 63.4 Å². The van der Waals surface area contributed by atoms with Crippen LogP contribution in [0, 0.1) is 0 Å². The van der Waals surface area contributed by atoms with Gasteiger partial charge in [0.15, 0.2) is 25.0 Å². The third kappa shape index (κ3) is 19.4. The highest BCUT2D eigenvalue weighted by Gasteiger charge is 2.52. The van der Waals surface area contributed by atoms with E-state index < -0.39 is 25.0 Å². The molecule has 0 aromatic carbocycles. The van der Waals surface area contributed by atoms with Gasteiger partial charge < -0.3 is 27.5 Å². The number of ether oxygens (including phenoxy) is 3. The molecule has 0 saturated carbocycles. The summed E-state index contributed by atoms with van der Waals surface area (Å²) in [4.78, 5) is 12.2. The van der Waals surface area contributed by atoms with Crippen molar-refractivity contribution >= 4 is 30.9 Å². The molecule has 3 heterocycles. The molecule has 7 nitrogen and oxygen atoms in total. The Morgan fingerprint density at radius 3 is 1.45 bits per heavy atom. The highest BCUT2D eigenvalue weighted by atomic mass is 28.4. The molecule has 3 aliphatic rings. The smallest absolute Gasteiger partial charge is 0.334 e. The number of unbranched alkanes of at least 4 members (excludes halogenated alkanes) is 16. The van der Waals surface area contributed by atoms with Crippen molar-refractivity contribution in [3.63, 3.8) is 0 Å². The fraction of sp³-hybridized carbons (Fsp3) is 0.945. The van der Waals surface area contributed by atoms with Crippen LogP contribution >= 0.6 is 0 Å². The minimum atomic E-state index is -2.12. The Balaban J connectivity index is 1.70. The van der Waals surface area contributed by atoms with E-state index in [1.165, 1.54) is 96.3 Å². The normalized spacial score (nSPS) is 24.8. The maximum atomic E-state index is 12.2. The van der Waals surface area contributed by atoms with Crippen molar-refractivity contribution in [1.82, 2.24) is 0 Å². The van der Waals surface area contributed by atoms with Crippen molar-refractivity contribution in [2.24, 2.45) is 0 Å². The van der Waals surface area contributed by atoms with Gasteiger partial charge in [0.25, 0.3) is 0 Å². The fourth-order valence-electron chi connectivity index (χ4n) is 9.27. The maximum Gasteiger partial charge on any atom is 0.334 e. The van der Waals surface area contributed by atoms with E-state index in [4.69, 9.17) is 27.5 Å². The largest absolute Gasteiger partial charge is 0.455 e. The molecule has 3 aliphatic heterocycles. The van der Waals surface area contributed by atoms with Crippen LogP contribution < -0.4 is 0 Å². The van der Waals surface area contributed by atoms with Gasteiger partial charge in [-0.25, -0.2) is 4.79 Å². The van der Waals surface area contributed by atoms with Crippen LogP contribution in [0.3, 0.4) is 0 Å². The number of hydrogen-bond donors (Lipinski definition) is 0. The van der Waals surface area contributed by atoms with Gasteiger partial charge in [-0.3, -0.25) is 0 Å². The Bertz CT molecular complexity index is 1390. The third-order valence-electron chi connectivity index (χ3n) is 16.7. The molecular formula is C55H108O7Si3. The van der Waals surface area contributed by atoms with E-state index >= 15 is 0 Å². The molecule has 65 heavy (non-hydrogen) atoms. The lowest BCUT2D eigenvalue weighted by atomic mass is 9.99. The van der Waals surface area contributed by atoms with Crippen molar-refractivity contribution in [3.8, 4) is 0 Å². The first-order valence-corrected chi connectivity index (χ1v) is 36.2. The van der Waals surface area contributed by atoms with E-state index in [2.05, 4.69) is 109 Å². The van der Waals surface area contributed by atoms with Gasteiger partial charge in [0, 0.05) is 12.0 Å². The van der Waals surface area contributed by atoms with Crippen LogP contribution in [0.1, 0.15) is 230 Å². The molecule has 2 fully saturated rings. The fourth-order valence-corrected chi connectivity index (χ4v) is 13.4. The van der Waals surface area contributed by atoms with Gasteiger partial charge in [-0.05, 0) is 106 Å². The summed E-state index contributed by atoms with van der Waals surface area (Å²) >= 11 is 0. The van der Waals surface area contributed by atoms with Crippen molar-refractivity contribution in [2.75, 3.05) is 0 Å². The first-order valence-electron chi connectivity index (χ1n) is 27.4. The molecule has 10 heteroatoms. The minimum Gasteiger partial charge on any atom is -0.455 e. The van der Waals surface area contributed by atoms with Crippen molar-refractivity contribution in [2.45, 2.75) is 333 Å². The second-order valence-electron chi connectivity index (χ2n) is 25.6. The molecular weight excluding hydrogens is 857 g/mol. The average molecular weight is 966 g/mol. The number of rotatable bonds is 31. The van der Waals surface area contributed by atoms with E-state index in [1.54, 1.807) is 0 Å². The van der Waals surface area contributed by atoms with Crippen molar-refractivity contribution in [1.29, 1.82) is 0 Å². The Hall–Kier alpha value is -0.339. The highest BCUT2D eigenvalue weighted by Crippen LogP contribution is 2.46. The molecule has 8 atom stereocenters. The topological polar surface area (TPSA) is 72.5 Å². The second kappa shape index (κ2) is 26.8. The van der Waals surface area contributed by atoms with E-state index in [9.17, 15) is 4.79 Å². The van der Waals surface area contributed by atoms with Crippen LogP contribution in [0.2, 0.25) is 54.4 Å². The van der Waals surface area contributed by atoms with Crippen molar-refractivity contribution in [3.05, 3.63) is 11.6 Å². The number of carbonyl (C=O) groups is 1. The molecule has 382 valence electrons. The summed E-state index contributed by atoms with van der Waals surface area (Å²) in [6.07, 6.45) is 31.1. The molecule has 3 rings (SSSR count). The summed E-state index contributed by atoms with van der Waals surface area (Å²) in [6, 6.07) is 0. The maximum absolute atomic E-state index is 12.2. The van der Waals surface area contributed by atoms with Crippen LogP contribution in [0.4, 0.5) is 0 Å². The van der Waals surface area contributed by atoms with Crippen LogP contribution in [-0.4, -0.2) is 79.8 Å². The number of cyclic esters (lactones) is 1. The summed E-state index contributed by atoms with van der Waals surface area (Å²) in [6.45, 7) is 39.7. The van der Waals surface area contributed by atoms with Gasteiger partial charge in [-0.15, -0.1) is 0 Å². The van der Waals surface area contributed by atoms with Crippen molar-refractivity contribution < 1.29 is 32.3 Å². The van der Waals surface area contributed by atoms with Crippen LogP contribution in [-0.2, 0) is 32.3 Å². The molecule has 0 aromatic rings. The standard InChI is InChI=1S/C55H108O7Si3/c1-18-19-20-21-22-23-24-25-26-27-28-29-30-31-34-38-47(61-64(14,15)54(6,7)8)49-42-50(62-65(16,17)55(9,10)11)51(59-49)48-40-39-45(58-48)46(60-63(12,13)53(3,4)5)37-35-32-33-36-44-41-43(2)57-52(44)56/h41,43,45-51H,18-40,42H2,1-17H3/t43-,45-,46-,47-,48-,49-,50+,51+/m0/s1. The van der Waals surface area contributed by atoms with Crippen LogP contribution in [0.5, 0.6) is 0 Å². The van der Waals surface area contributed by atoms with E-state index in [0.29, 0.717) is 0 Å². The second-order valence-corrected chi connectivity index (χ2v) is 39.8. The summed E-state index contributed by atoms with van der Waals surface area (Å²) in [5, 5.41) is 0.314. The molecule has 0 radical (unpaired) electrons. The molecule has 0 unspecified atom stereocenters. The number of esters is 1. The molecule has 0 amide bonds. The molecule has 0 aromatic heterocycles. The average Bonchev–Trinajstić information content (AvgIpc) is 3.92. The number of hydrogen-bond acceptors (Lipinski definition) is 7. The zero-order chi connectivity index (χ0) is 48.7. The van der Waals surface area contributed by atoms with Crippen LogP contribution in [0.25, 0.3) is 0 Å². The van der Waals surface area contributed by atoms with Gasteiger partial charge in [0.05, 0.1) is 36.6 Å². The summed E-state index contributed by atoms with van der Waals surface area (Å²) in [5.74, 6) is -0.142. The monoisotopic (exact) mass is 965 g/mol. The lowest BCUT2D eigenvalue weighted by Crippen LogP contribution is -2.49. The first kappa shape index (κ1) is 59.0. The lowest BCUT2D eigenvalue weighted by Gasteiger charge is -2.41. The minimum absolute atomic E-state index is 0.00674. The molecule has 0 N–H and O–H groups in total. The Morgan fingerprint density at radius 2 is 1.02 bits per heavy atom.